The number of pyridine rings is 1. The van der Waals surface area contributed by atoms with Crippen LogP contribution in [0.25, 0.3) is 16.9 Å². The van der Waals surface area contributed by atoms with Crippen molar-refractivity contribution in [3.05, 3.63) is 51.8 Å². The summed E-state index contributed by atoms with van der Waals surface area (Å²) in [5.41, 5.74) is 8.03. The number of benzene rings is 1. The van der Waals surface area contributed by atoms with Gasteiger partial charge >= 0.3 is 0 Å². The molecule has 1 aromatic carbocycles. The lowest BCUT2D eigenvalue weighted by molar-refractivity contribution is 0.619. The van der Waals surface area contributed by atoms with Crippen LogP contribution in [-0.2, 0) is 0 Å². The van der Waals surface area contributed by atoms with Gasteiger partial charge in [-0.25, -0.2) is 9.37 Å². The molecule has 0 radical (unpaired) electrons. The third-order valence-corrected chi connectivity index (χ3v) is 4.03. The lowest BCUT2D eigenvalue weighted by Crippen LogP contribution is -1.94. The summed E-state index contributed by atoms with van der Waals surface area (Å²) in [6.07, 6.45) is 1.31. The summed E-state index contributed by atoms with van der Waals surface area (Å²) in [4.78, 5) is 4.40. The molecule has 19 heavy (non-hydrogen) atoms. The van der Waals surface area contributed by atoms with E-state index in [-0.39, 0.29) is 5.82 Å². The first kappa shape index (κ1) is 12.4. The van der Waals surface area contributed by atoms with Gasteiger partial charge in [0.05, 0.1) is 5.02 Å². The second kappa shape index (κ2) is 4.51. The predicted molar refractivity (Wildman–Crippen MR) is 77.7 cm³/mol. The fourth-order valence-electron chi connectivity index (χ4n) is 1.89. The smallest absolute Gasteiger partial charge is 0.140 e. The SMILES string of the molecule is Nc1c(-c2ccc(Cl)c(Br)c2)nc2ccc(F)cn12. The van der Waals surface area contributed by atoms with Gasteiger partial charge in [-0.1, -0.05) is 17.7 Å². The van der Waals surface area contributed by atoms with E-state index < -0.39 is 0 Å². The molecule has 2 N–H and O–H groups in total. The summed E-state index contributed by atoms with van der Waals surface area (Å²) in [6.45, 7) is 0. The topological polar surface area (TPSA) is 43.3 Å². The Balaban J connectivity index is 2.24. The molecular weight excluding hydrogens is 333 g/mol. The number of nitrogens with two attached hydrogens (primary N) is 1. The molecule has 0 unspecified atom stereocenters. The number of hydrogen-bond acceptors (Lipinski definition) is 2. The predicted octanol–water partition coefficient (Wildman–Crippen LogP) is 4.14. The Labute approximate surface area is 122 Å². The maximum absolute atomic E-state index is 13.2. The number of fused-ring (bicyclic) bond motifs is 1. The summed E-state index contributed by atoms with van der Waals surface area (Å²) in [5.74, 6) is 0.0316. The Morgan fingerprint density at radius 3 is 2.79 bits per heavy atom. The normalized spacial score (nSPS) is 11.1. The minimum atomic E-state index is -0.361. The van der Waals surface area contributed by atoms with E-state index in [1.54, 1.807) is 12.1 Å². The quantitative estimate of drug-likeness (QED) is 0.723. The second-order valence-electron chi connectivity index (χ2n) is 4.05. The summed E-state index contributed by atoms with van der Waals surface area (Å²) in [6, 6.07) is 8.34. The zero-order valence-electron chi connectivity index (χ0n) is 9.57. The Kier molecular flexibility index (Phi) is 2.95. The van der Waals surface area contributed by atoms with Gasteiger partial charge in [0, 0.05) is 16.2 Å². The van der Waals surface area contributed by atoms with Gasteiger partial charge in [-0.05, 0) is 40.2 Å². The van der Waals surface area contributed by atoms with E-state index in [2.05, 4.69) is 20.9 Å². The van der Waals surface area contributed by atoms with Gasteiger partial charge in [0.2, 0.25) is 0 Å². The molecule has 3 rings (SSSR count). The first-order chi connectivity index (χ1) is 9.06. The summed E-state index contributed by atoms with van der Waals surface area (Å²) >= 11 is 9.31. The number of nitrogen functional groups attached to an aromatic ring is 1. The Morgan fingerprint density at radius 2 is 2.05 bits per heavy atom. The molecule has 0 atom stereocenters. The van der Waals surface area contributed by atoms with Gasteiger partial charge < -0.3 is 5.73 Å². The Hall–Kier alpha value is -1.59. The third-order valence-electron chi connectivity index (χ3n) is 2.81. The summed E-state index contributed by atoms with van der Waals surface area (Å²) in [7, 11) is 0. The number of nitrogens with zero attached hydrogens (tertiary/aromatic N) is 2. The zero-order valence-corrected chi connectivity index (χ0v) is 11.9. The first-order valence-corrected chi connectivity index (χ1v) is 6.62. The number of halogens is 3. The molecule has 3 aromatic rings. The van der Waals surface area contributed by atoms with Crippen molar-refractivity contribution in [3.63, 3.8) is 0 Å². The van der Waals surface area contributed by atoms with Crippen molar-refractivity contribution < 1.29 is 4.39 Å². The molecule has 2 heterocycles. The molecule has 96 valence electrons. The van der Waals surface area contributed by atoms with Crippen molar-refractivity contribution in [1.29, 1.82) is 0 Å². The van der Waals surface area contributed by atoms with Gasteiger partial charge in [0.15, 0.2) is 0 Å². The molecule has 6 heteroatoms. The summed E-state index contributed by atoms with van der Waals surface area (Å²) in [5, 5.41) is 0.608. The average Bonchev–Trinajstić information content (AvgIpc) is 2.70. The third kappa shape index (κ3) is 2.09. The van der Waals surface area contributed by atoms with Gasteiger partial charge in [0.1, 0.15) is 23.0 Å². The lowest BCUT2D eigenvalue weighted by Gasteiger charge is -2.01. The first-order valence-electron chi connectivity index (χ1n) is 5.45. The van der Waals surface area contributed by atoms with Crippen LogP contribution in [0, 0.1) is 5.82 Å². The van der Waals surface area contributed by atoms with Crippen molar-refractivity contribution in [1.82, 2.24) is 9.38 Å². The van der Waals surface area contributed by atoms with Crippen molar-refractivity contribution in [2.45, 2.75) is 0 Å². The largest absolute Gasteiger partial charge is 0.383 e. The molecule has 0 saturated carbocycles. The number of imidazole rings is 1. The monoisotopic (exact) mass is 339 g/mol. The lowest BCUT2D eigenvalue weighted by atomic mass is 10.1. The maximum Gasteiger partial charge on any atom is 0.140 e. The highest BCUT2D eigenvalue weighted by molar-refractivity contribution is 9.10. The molecule has 0 spiro atoms. The molecule has 0 bridgehead atoms. The van der Waals surface area contributed by atoms with E-state index in [1.807, 2.05) is 12.1 Å². The minimum absolute atomic E-state index is 0.361. The standard InChI is InChI=1S/C13H8BrClFN3/c14-9-5-7(1-3-10(9)15)12-13(17)19-6-8(16)2-4-11(19)18-12/h1-6H,17H2. The number of aromatic nitrogens is 2. The van der Waals surface area contributed by atoms with Crippen molar-refractivity contribution in [2.75, 3.05) is 5.73 Å². The summed E-state index contributed by atoms with van der Waals surface area (Å²) < 4.78 is 15.5. The van der Waals surface area contributed by atoms with E-state index in [1.165, 1.54) is 16.7 Å². The molecule has 2 aromatic heterocycles. The highest BCUT2D eigenvalue weighted by Crippen LogP contribution is 2.31. The van der Waals surface area contributed by atoms with Crippen LogP contribution in [0.2, 0.25) is 5.02 Å². The van der Waals surface area contributed by atoms with E-state index in [4.69, 9.17) is 17.3 Å². The fraction of sp³-hybridized carbons (Fsp3) is 0. The molecule has 0 saturated heterocycles. The van der Waals surface area contributed by atoms with Crippen LogP contribution in [0.15, 0.2) is 41.0 Å². The molecular formula is C13H8BrClFN3. The highest BCUT2D eigenvalue weighted by Gasteiger charge is 2.12. The Bertz CT molecular complexity index is 785. The fourth-order valence-corrected chi connectivity index (χ4v) is 2.39. The van der Waals surface area contributed by atoms with Crippen LogP contribution in [0.5, 0.6) is 0 Å². The van der Waals surface area contributed by atoms with Crippen LogP contribution in [0.4, 0.5) is 10.2 Å². The van der Waals surface area contributed by atoms with Crippen molar-refractivity contribution in [2.24, 2.45) is 0 Å². The van der Waals surface area contributed by atoms with E-state index in [0.717, 1.165) is 10.0 Å². The molecule has 3 nitrogen and oxygen atoms in total. The zero-order chi connectivity index (χ0) is 13.6. The molecule has 0 fully saturated rings. The van der Waals surface area contributed by atoms with Gasteiger partial charge in [0.25, 0.3) is 0 Å². The Morgan fingerprint density at radius 1 is 1.26 bits per heavy atom. The van der Waals surface area contributed by atoms with Crippen molar-refractivity contribution >= 4 is 39.0 Å². The van der Waals surface area contributed by atoms with Gasteiger partial charge in [-0.15, -0.1) is 0 Å². The average molecular weight is 341 g/mol. The molecule has 0 aliphatic heterocycles. The minimum Gasteiger partial charge on any atom is -0.383 e. The van der Waals surface area contributed by atoms with Gasteiger partial charge in [-0.3, -0.25) is 4.40 Å². The van der Waals surface area contributed by atoms with Crippen LogP contribution < -0.4 is 5.73 Å². The number of anilines is 1. The van der Waals surface area contributed by atoms with Gasteiger partial charge in [-0.2, -0.15) is 0 Å². The van der Waals surface area contributed by atoms with Crippen molar-refractivity contribution in [3.8, 4) is 11.3 Å². The van der Waals surface area contributed by atoms with E-state index >= 15 is 0 Å². The second-order valence-corrected chi connectivity index (χ2v) is 5.31. The number of hydrogen-bond donors (Lipinski definition) is 1. The highest BCUT2D eigenvalue weighted by atomic mass is 79.9. The van der Waals surface area contributed by atoms with Crippen LogP contribution in [0.1, 0.15) is 0 Å². The van der Waals surface area contributed by atoms with Crippen LogP contribution in [-0.4, -0.2) is 9.38 Å². The molecule has 0 aliphatic carbocycles. The maximum atomic E-state index is 13.2. The molecule has 0 aliphatic rings. The number of rotatable bonds is 1. The van der Waals surface area contributed by atoms with Crippen LogP contribution >= 0.6 is 27.5 Å². The molecule has 0 amide bonds. The van der Waals surface area contributed by atoms with Crippen LogP contribution in [0.3, 0.4) is 0 Å². The van der Waals surface area contributed by atoms with E-state index in [0.29, 0.717) is 22.2 Å². The van der Waals surface area contributed by atoms with E-state index in [9.17, 15) is 4.39 Å².